The fourth-order valence-electron chi connectivity index (χ4n) is 3.69. The van der Waals surface area contributed by atoms with E-state index in [0.29, 0.717) is 12.2 Å². The predicted octanol–water partition coefficient (Wildman–Crippen LogP) is 5.91. The first kappa shape index (κ1) is 17.3. The summed E-state index contributed by atoms with van der Waals surface area (Å²) in [5, 5.41) is 5.32. The minimum absolute atomic E-state index is 0.0671. The number of rotatable bonds is 4. The molecule has 0 saturated heterocycles. The second-order valence-corrected chi connectivity index (χ2v) is 7.05. The number of ether oxygens (including phenoxy) is 1. The van der Waals surface area contributed by atoms with Crippen molar-refractivity contribution in [2.24, 2.45) is 0 Å². The maximum Gasteiger partial charge on any atom is 0.256 e. The molecule has 4 aromatic rings. The molecular weight excluding hydrogens is 358 g/mol. The Balaban J connectivity index is 1.34. The average Bonchev–Trinajstić information content (AvgIpc) is 3.08. The number of anilines is 1. The highest BCUT2D eigenvalue weighted by Crippen LogP contribution is 2.32. The average molecular weight is 377 g/mol. The van der Waals surface area contributed by atoms with Gasteiger partial charge in [0.1, 0.15) is 12.4 Å². The van der Waals surface area contributed by atoms with Crippen LogP contribution in [0.4, 0.5) is 5.69 Å². The van der Waals surface area contributed by atoms with Crippen molar-refractivity contribution in [2.45, 2.75) is 6.61 Å². The van der Waals surface area contributed by atoms with Gasteiger partial charge in [-0.1, -0.05) is 72.8 Å². The third-order valence-electron chi connectivity index (χ3n) is 5.18. The lowest BCUT2D eigenvalue weighted by Gasteiger charge is -2.09. The highest BCUT2D eigenvalue weighted by molar-refractivity contribution is 6.34. The van der Waals surface area contributed by atoms with Gasteiger partial charge in [0.15, 0.2) is 0 Å². The summed E-state index contributed by atoms with van der Waals surface area (Å²) in [4.78, 5) is 12.3. The fraction of sp³-hybridized carbons (Fsp3) is 0.0385. The topological polar surface area (TPSA) is 38.3 Å². The van der Waals surface area contributed by atoms with E-state index in [1.807, 2.05) is 66.7 Å². The predicted molar refractivity (Wildman–Crippen MR) is 118 cm³/mol. The minimum atomic E-state index is -0.0671. The summed E-state index contributed by atoms with van der Waals surface area (Å²) in [6.45, 7) is 0.511. The van der Waals surface area contributed by atoms with Crippen LogP contribution in [0.15, 0.2) is 91.0 Å². The van der Waals surface area contributed by atoms with Crippen molar-refractivity contribution in [3.63, 3.8) is 0 Å². The second-order valence-electron chi connectivity index (χ2n) is 7.05. The van der Waals surface area contributed by atoms with E-state index < -0.39 is 0 Å². The normalized spacial score (nSPS) is 14.1. The van der Waals surface area contributed by atoms with Gasteiger partial charge in [0.25, 0.3) is 5.91 Å². The second kappa shape index (κ2) is 7.28. The van der Waals surface area contributed by atoms with Gasteiger partial charge in [0.05, 0.1) is 0 Å². The molecule has 1 heterocycles. The van der Waals surface area contributed by atoms with Crippen molar-refractivity contribution in [1.82, 2.24) is 0 Å². The molecule has 0 fully saturated rings. The molecule has 0 unspecified atom stereocenters. The molecule has 0 aliphatic carbocycles. The molecule has 0 bridgehead atoms. The smallest absolute Gasteiger partial charge is 0.256 e. The molecular formula is C26H19NO2. The van der Waals surface area contributed by atoms with Crippen LogP contribution in [-0.2, 0) is 11.4 Å². The van der Waals surface area contributed by atoms with Crippen molar-refractivity contribution >= 4 is 34.0 Å². The first-order chi connectivity index (χ1) is 14.3. The number of amides is 1. The molecule has 1 aliphatic rings. The van der Waals surface area contributed by atoms with E-state index in [1.165, 1.54) is 10.8 Å². The van der Waals surface area contributed by atoms with Gasteiger partial charge in [-0.3, -0.25) is 4.79 Å². The van der Waals surface area contributed by atoms with E-state index in [9.17, 15) is 4.79 Å². The zero-order valence-electron chi connectivity index (χ0n) is 15.8. The molecule has 3 heteroatoms. The van der Waals surface area contributed by atoms with E-state index in [-0.39, 0.29) is 5.91 Å². The maximum atomic E-state index is 12.3. The molecule has 3 nitrogen and oxygen atoms in total. The lowest BCUT2D eigenvalue weighted by atomic mass is 10.0. The molecule has 1 aliphatic heterocycles. The fourth-order valence-corrected chi connectivity index (χ4v) is 3.69. The zero-order chi connectivity index (χ0) is 19.6. The SMILES string of the molecule is O=C1Nc2ccccc2/C1=C/c1ccc(OCc2cccc3ccccc23)cc1. The van der Waals surface area contributed by atoms with E-state index >= 15 is 0 Å². The highest BCUT2D eigenvalue weighted by atomic mass is 16.5. The van der Waals surface area contributed by atoms with Gasteiger partial charge in [-0.05, 0) is 46.2 Å². The Morgan fingerprint density at radius 3 is 2.45 bits per heavy atom. The molecule has 0 saturated carbocycles. The van der Waals surface area contributed by atoms with Crippen molar-refractivity contribution < 1.29 is 9.53 Å². The van der Waals surface area contributed by atoms with Gasteiger partial charge in [0.2, 0.25) is 0 Å². The van der Waals surface area contributed by atoms with Gasteiger partial charge < -0.3 is 10.1 Å². The molecule has 0 radical (unpaired) electrons. The molecule has 0 atom stereocenters. The lowest BCUT2D eigenvalue weighted by molar-refractivity contribution is -0.110. The van der Waals surface area contributed by atoms with Crippen LogP contribution in [0.2, 0.25) is 0 Å². The lowest BCUT2D eigenvalue weighted by Crippen LogP contribution is -2.03. The van der Waals surface area contributed by atoms with Crippen LogP contribution in [-0.4, -0.2) is 5.91 Å². The summed E-state index contributed by atoms with van der Waals surface area (Å²) in [6, 6.07) is 30.1. The van der Waals surface area contributed by atoms with E-state index in [1.54, 1.807) is 0 Å². The van der Waals surface area contributed by atoms with E-state index in [2.05, 4.69) is 35.6 Å². The Kier molecular flexibility index (Phi) is 4.34. The molecule has 0 aromatic heterocycles. The zero-order valence-corrected chi connectivity index (χ0v) is 15.8. The maximum absolute atomic E-state index is 12.3. The Hall–Kier alpha value is -3.85. The van der Waals surface area contributed by atoms with Crippen molar-refractivity contribution in [3.05, 3.63) is 108 Å². The Bertz CT molecular complexity index is 1230. The van der Waals surface area contributed by atoms with Crippen molar-refractivity contribution in [3.8, 4) is 5.75 Å². The molecule has 1 N–H and O–H groups in total. The van der Waals surface area contributed by atoms with Crippen molar-refractivity contribution in [1.29, 1.82) is 0 Å². The van der Waals surface area contributed by atoms with Gasteiger partial charge in [-0.25, -0.2) is 0 Å². The summed E-state index contributed by atoms with van der Waals surface area (Å²) in [6.07, 6.45) is 1.91. The van der Waals surface area contributed by atoms with E-state index in [0.717, 1.165) is 28.1 Å². The molecule has 5 rings (SSSR count). The van der Waals surface area contributed by atoms with Crippen LogP contribution in [0.3, 0.4) is 0 Å². The summed E-state index contributed by atoms with van der Waals surface area (Å²) < 4.78 is 6.00. The van der Waals surface area contributed by atoms with Crippen LogP contribution in [0.1, 0.15) is 16.7 Å². The van der Waals surface area contributed by atoms with Crippen LogP contribution >= 0.6 is 0 Å². The quantitative estimate of drug-likeness (QED) is 0.449. The number of carbonyl (C=O) groups excluding carboxylic acids is 1. The number of hydrogen-bond donors (Lipinski definition) is 1. The molecule has 140 valence electrons. The van der Waals surface area contributed by atoms with Crippen LogP contribution in [0.5, 0.6) is 5.75 Å². The monoisotopic (exact) mass is 377 g/mol. The largest absolute Gasteiger partial charge is 0.489 e. The summed E-state index contributed by atoms with van der Waals surface area (Å²) in [5.74, 6) is 0.735. The van der Waals surface area contributed by atoms with Gasteiger partial charge in [-0.15, -0.1) is 0 Å². The number of carbonyl (C=O) groups is 1. The Morgan fingerprint density at radius 2 is 1.55 bits per heavy atom. The number of fused-ring (bicyclic) bond motifs is 2. The Morgan fingerprint density at radius 1 is 0.793 bits per heavy atom. The summed E-state index contributed by atoms with van der Waals surface area (Å²) in [7, 11) is 0. The highest BCUT2D eigenvalue weighted by Gasteiger charge is 2.23. The standard InChI is InChI=1S/C26H19NO2/c28-26-24(23-10-3-4-11-25(23)27-26)16-18-12-14-21(15-13-18)29-17-20-8-5-7-19-6-1-2-9-22(19)20/h1-16H,17H2,(H,27,28)/b24-16-. The molecule has 0 spiro atoms. The molecule has 4 aromatic carbocycles. The van der Waals surface area contributed by atoms with Crippen LogP contribution in [0.25, 0.3) is 22.4 Å². The van der Waals surface area contributed by atoms with Crippen LogP contribution in [0, 0.1) is 0 Å². The number of nitrogens with one attached hydrogen (secondary N) is 1. The summed E-state index contributed by atoms with van der Waals surface area (Å²) in [5.41, 5.74) is 4.61. The molecule has 1 amide bonds. The van der Waals surface area contributed by atoms with Crippen LogP contribution < -0.4 is 10.1 Å². The first-order valence-electron chi connectivity index (χ1n) is 9.60. The third-order valence-corrected chi connectivity index (χ3v) is 5.18. The van der Waals surface area contributed by atoms with Gasteiger partial charge in [-0.2, -0.15) is 0 Å². The number of hydrogen-bond acceptors (Lipinski definition) is 2. The third kappa shape index (κ3) is 3.39. The minimum Gasteiger partial charge on any atom is -0.489 e. The van der Waals surface area contributed by atoms with Gasteiger partial charge >= 0.3 is 0 Å². The van der Waals surface area contributed by atoms with Gasteiger partial charge in [0, 0.05) is 16.8 Å². The van der Waals surface area contributed by atoms with Crippen molar-refractivity contribution in [2.75, 3.05) is 5.32 Å². The number of benzene rings is 4. The molecule has 29 heavy (non-hydrogen) atoms. The Labute approximate surface area is 169 Å². The first-order valence-corrected chi connectivity index (χ1v) is 9.60. The number of para-hydroxylation sites is 1. The summed E-state index contributed by atoms with van der Waals surface area (Å²) >= 11 is 0. The van der Waals surface area contributed by atoms with E-state index in [4.69, 9.17) is 4.74 Å².